The average Bonchev–Trinajstić information content (AvgIpc) is 2.50. The molecular formula is C17H20N2O2. The van der Waals surface area contributed by atoms with Crippen LogP contribution in [0.4, 0.5) is 10.5 Å². The lowest BCUT2D eigenvalue weighted by molar-refractivity contribution is 0.0464. The lowest BCUT2D eigenvalue weighted by atomic mass is 9.96. The Bertz CT molecular complexity index is 656. The molecule has 2 aromatic rings. The van der Waals surface area contributed by atoms with E-state index >= 15 is 0 Å². The summed E-state index contributed by atoms with van der Waals surface area (Å²) in [5.74, 6) is 0.259. The number of nitrogens with one attached hydrogen (secondary N) is 1. The fraction of sp³-hybridized carbons (Fsp3) is 0.353. The van der Waals surface area contributed by atoms with E-state index in [9.17, 15) is 9.90 Å². The third kappa shape index (κ3) is 3.00. The number of β-amino-alcohol motifs (C(OH)–C–C–N with tert-alkyl or cyclic N) is 1. The molecule has 0 spiro atoms. The Morgan fingerprint density at radius 1 is 1.24 bits per heavy atom. The van der Waals surface area contributed by atoms with Crippen LogP contribution in [-0.2, 0) is 0 Å². The van der Waals surface area contributed by atoms with Crippen molar-refractivity contribution < 1.29 is 9.90 Å². The van der Waals surface area contributed by atoms with Crippen molar-refractivity contribution in [1.29, 1.82) is 0 Å². The number of aliphatic hydroxyl groups excluding tert-OH is 1. The number of likely N-dealkylation sites (tertiary alicyclic amines) is 1. The van der Waals surface area contributed by atoms with Crippen LogP contribution >= 0.6 is 0 Å². The number of rotatable bonds is 1. The molecule has 2 atom stereocenters. The number of aliphatic hydroxyl groups is 1. The number of benzene rings is 2. The number of nitrogens with zero attached hydrogens (tertiary/aromatic N) is 1. The first-order chi connectivity index (χ1) is 10.1. The Morgan fingerprint density at radius 3 is 2.76 bits per heavy atom. The van der Waals surface area contributed by atoms with Crippen LogP contribution in [0.15, 0.2) is 42.5 Å². The second-order valence-electron chi connectivity index (χ2n) is 5.77. The van der Waals surface area contributed by atoms with Crippen molar-refractivity contribution in [2.75, 3.05) is 18.4 Å². The minimum absolute atomic E-state index is 0.142. The molecule has 0 saturated carbocycles. The molecule has 0 aliphatic carbocycles. The van der Waals surface area contributed by atoms with Gasteiger partial charge in [-0.05, 0) is 35.2 Å². The van der Waals surface area contributed by atoms with Crippen molar-refractivity contribution in [3.63, 3.8) is 0 Å². The molecule has 1 heterocycles. The number of urea groups is 1. The van der Waals surface area contributed by atoms with Crippen molar-refractivity contribution in [3.05, 3.63) is 42.5 Å². The monoisotopic (exact) mass is 284 g/mol. The van der Waals surface area contributed by atoms with Crippen molar-refractivity contribution in [1.82, 2.24) is 4.90 Å². The molecule has 2 N–H and O–H groups in total. The van der Waals surface area contributed by atoms with E-state index in [1.807, 2.05) is 49.4 Å². The van der Waals surface area contributed by atoms with Gasteiger partial charge in [0, 0.05) is 18.8 Å². The van der Waals surface area contributed by atoms with E-state index in [2.05, 4.69) is 5.32 Å². The molecule has 0 radical (unpaired) electrons. The normalized spacial score (nSPS) is 22.3. The first-order valence-corrected chi connectivity index (χ1v) is 7.36. The van der Waals surface area contributed by atoms with Crippen molar-refractivity contribution in [3.8, 4) is 0 Å². The van der Waals surface area contributed by atoms with E-state index in [0.29, 0.717) is 13.1 Å². The molecule has 1 fully saturated rings. The van der Waals surface area contributed by atoms with Crippen molar-refractivity contribution in [2.24, 2.45) is 5.92 Å². The summed E-state index contributed by atoms with van der Waals surface area (Å²) in [6, 6.07) is 13.8. The zero-order valence-electron chi connectivity index (χ0n) is 12.1. The van der Waals surface area contributed by atoms with Gasteiger partial charge in [0.2, 0.25) is 0 Å². The highest BCUT2D eigenvalue weighted by molar-refractivity contribution is 5.93. The van der Waals surface area contributed by atoms with Crippen LogP contribution in [0, 0.1) is 5.92 Å². The number of hydrogen-bond acceptors (Lipinski definition) is 2. The Hall–Kier alpha value is -2.07. The van der Waals surface area contributed by atoms with Gasteiger partial charge in [0.1, 0.15) is 0 Å². The maximum absolute atomic E-state index is 12.3. The Labute approximate surface area is 124 Å². The largest absolute Gasteiger partial charge is 0.391 e. The molecule has 0 aromatic heterocycles. The highest BCUT2D eigenvalue weighted by atomic mass is 16.3. The summed E-state index contributed by atoms with van der Waals surface area (Å²) in [6.45, 7) is 3.11. The molecule has 2 amide bonds. The molecule has 1 saturated heterocycles. The second kappa shape index (κ2) is 5.74. The standard InChI is InChI=1S/C17H20N2O2/c1-12-8-9-19(11-16(12)20)17(21)18-15-7-6-13-4-2-3-5-14(13)10-15/h2-7,10,12,16,20H,8-9,11H2,1H3,(H,18,21). The van der Waals surface area contributed by atoms with Crippen molar-refractivity contribution in [2.45, 2.75) is 19.4 Å². The van der Waals surface area contributed by atoms with Gasteiger partial charge in [0.15, 0.2) is 0 Å². The number of anilines is 1. The van der Waals surface area contributed by atoms with E-state index in [1.165, 1.54) is 0 Å². The van der Waals surface area contributed by atoms with Crippen LogP contribution < -0.4 is 5.32 Å². The van der Waals surface area contributed by atoms with E-state index < -0.39 is 6.10 Å². The summed E-state index contributed by atoms with van der Waals surface area (Å²) in [4.78, 5) is 13.9. The van der Waals surface area contributed by atoms with Gasteiger partial charge < -0.3 is 15.3 Å². The van der Waals surface area contributed by atoms with Crippen LogP contribution in [0.2, 0.25) is 0 Å². The summed E-state index contributed by atoms with van der Waals surface area (Å²) in [5.41, 5.74) is 0.784. The first-order valence-electron chi connectivity index (χ1n) is 7.36. The molecule has 2 aromatic carbocycles. The maximum Gasteiger partial charge on any atom is 0.321 e. The van der Waals surface area contributed by atoms with Crippen molar-refractivity contribution >= 4 is 22.5 Å². The highest BCUT2D eigenvalue weighted by Crippen LogP contribution is 2.21. The third-order valence-corrected chi connectivity index (χ3v) is 4.21. The maximum atomic E-state index is 12.3. The van der Waals surface area contributed by atoms with E-state index in [4.69, 9.17) is 0 Å². The van der Waals surface area contributed by atoms with Gasteiger partial charge in [0.25, 0.3) is 0 Å². The molecular weight excluding hydrogens is 264 g/mol. The predicted molar refractivity (Wildman–Crippen MR) is 84.3 cm³/mol. The molecule has 3 rings (SSSR count). The zero-order valence-corrected chi connectivity index (χ0v) is 12.1. The SMILES string of the molecule is CC1CCN(C(=O)Nc2ccc3ccccc3c2)CC1O. The quantitative estimate of drug-likeness (QED) is 0.845. The highest BCUT2D eigenvalue weighted by Gasteiger charge is 2.27. The second-order valence-corrected chi connectivity index (χ2v) is 5.77. The fourth-order valence-corrected chi connectivity index (χ4v) is 2.70. The topological polar surface area (TPSA) is 52.6 Å². The van der Waals surface area contributed by atoms with Gasteiger partial charge in [-0.1, -0.05) is 37.3 Å². The lowest BCUT2D eigenvalue weighted by Gasteiger charge is -2.34. The van der Waals surface area contributed by atoms with E-state index in [-0.39, 0.29) is 11.9 Å². The summed E-state index contributed by atoms with van der Waals surface area (Å²) in [7, 11) is 0. The van der Waals surface area contributed by atoms with Crippen LogP contribution in [0.1, 0.15) is 13.3 Å². The smallest absolute Gasteiger partial charge is 0.321 e. The predicted octanol–water partition coefficient (Wildman–Crippen LogP) is 3.07. The molecule has 2 unspecified atom stereocenters. The van der Waals surface area contributed by atoms with Crippen LogP contribution in [0.5, 0.6) is 0 Å². The van der Waals surface area contributed by atoms with Crippen LogP contribution in [0.3, 0.4) is 0 Å². The molecule has 4 nitrogen and oxygen atoms in total. The Morgan fingerprint density at radius 2 is 2.00 bits per heavy atom. The van der Waals surface area contributed by atoms with E-state index in [1.54, 1.807) is 4.90 Å². The lowest BCUT2D eigenvalue weighted by Crippen LogP contribution is -2.47. The number of hydrogen-bond donors (Lipinski definition) is 2. The average molecular weight is 284 g/mol. The number of carbonyl (C=O) groups excluding carboxylic acids is 1. The Balaban J connectivity index is 1.71. The summed E-state index contributed by atoms with van der Waals surface area (Å²) in [5, 5.41) is 15.0. The molecule has 4 heteroatoms. The summed E-state index contributed by atoms with van der Waals surface area (Å²) >= 11 is 0. The van der Waals surface area contributed by atoms with Gasteiger partial charge in [-0.15, -0.1) is 0 Å². The first kappa shape index (κ1) is 13.9. The number of amides is 2. The van der Waals surface area contributed by atoms with Crippen LogP contribution in [0.25, 0.3) is 10.8 Å². The minimum Gasteiger partial charge on any atom is -0.391 e. The number of fused-ring (bicyclic) bond motifs is 1. The molecule has 0 bridgehead atoms. The minimum atomic E-state index is -0.430. The zero-order chi connectivity index (χ0) is 14.8. The van der Waals surface area contributed by atoms with Gasteiger partial charge in [-0.3, -0.25) is 0 Å². The Kier molecular flexibility index (Phi) is 3.80. The van der Waals surface area contributed by atoms with Crippen LogP contribution in [-0.4, -0.2) is 35.2 Å². The molecule has 110 valence electrons. The number of carbonyl (C=O) groups is 1. The molecule has 1 aliphatic rings. The van der Waals surface area contributed by atoms with E-state index in [0.717, 1.165) is 22.9 Å². The molecule has 21 heavy (non-hydrogen) atoms. The van der Waals surface area contributed by atoms with Gasteiger partial charge in [-0.25, -0.2) is 4.79 Å². The van der Waals surface area contributed by atoms with Gasteiger partial charge in [-0.2, -0.15) is 0 Å². The van der Waals surface area contributed by atoms with Gasteiger partial charge in [0.05, 0.1) is 6.10 Å². The molecule has 1 aliphatic heterocycles. The fourth-order valence-electron chi connectivity index (χ4n) is 2.70. The van der Waals surface area contributed by atoms with Gasteiger partial charge >= 0.3 is 6.03 Å². The summed E-state index contributed by atoms with van der Waals surface area (Å²) < 4.78 is 0. The third-order valence-electron chi connectivity index (χ3n) is 4.21. The number of piperidine rings is 1. The summed E-state index contributed by atoms with van der Waals surface area (Å²) in [6.07, 6.45) is 0.410.